The molecule has 0 amide bonds. The summed E-state index contributed by atoms with van der Waals surface area (Å²) < 4.78 is 6.78. The standard InChI is InChI=1S/C18H17NO3/c1-10(2)16-13(17(20)22-18(16)21)9-15-11(3)12-7-5-6-8-14(12)19(15)4/h5-9H,1-4H3/b13-9+. The lowest BCUT2D eigenvalue weighted by atomic mass is 10.0. The van der Waals surface area contributed by atoms with Crippen molar-refractivity contribution in [2.24, 2.45) is 7.05 Å². The van der Waals surface area contributed by atoms with Crippen molar-refractivity contribution < 1.29 is 14.3 Å². The Morgan fingerprint density at radius 3 is 2.45 bits per heavy atom. The zero-order chi connectivity index (χ0) is 16.0. The van der Waals surface area contributed by atoms with Gasteiger partial charge in [0.1, 0.15) is 0 Å². The maximum Gasteiger partial charge on any atom is 0.346 e. The first-order chi connectivity index (χ1) is 10.4. The fourth-order valence-corrected chi connectivity index (χ4v) is 2.95. The summed E-state index contributed by atoms with van der Waals surface area (Å²) in [6.07, 6.45) is 1.75. The van der Waals surface area contributed by atoms with Gasteiger partial charge in [-0.3, -0.25) is 0 Å². The number of hydrogen-bond donors (Lipinski definition) is 0. The predicted molar refractivity (Wildman–Crippen MR) is 85.1 cm³/mol. The predicted octanol–water partition coefficient (Wildman–Crippen LogP) is 3.29. The molecule has 0 saturated carbocycles. The summed E-state index contributed by atoms with van der Waals surface area (Å²) in [4.78, 5) is 23.8. The summed E-state index contributed by atoms with van der Waals surface area (Å²) in [6, 6.07) is 8.05. The number of cyclic esters (lactones) is 2. The lowest BCUT2D eigenvalue weighted by molar-refractivity contribution is -0.149. The van der Waals surface area contributed by atoms with E-state index in [1.807, 2.05) is 42.8 Å². The second-order valence-electron chi connectivity index (χ2n) is 5.70. The molecule has 1 fully saturated rings. The quantitative estimate of drug-likeness (QED) is 0.461. The molecule has 0 unspecified atom stereocenters. The van der Waals surface area contributed by atoms with Gasteiger partial charge in [0.15, 0.2) is 0 Å². The van der Waals surface area contributed by atoms with Crippen molar-refractivity contribution in [3.8, 4) is 0 Å². The van der Waals surface area contributed by atoms with E-state index in [0.717, 1.165) is 27.7 Å². The van der Waals surface area contributed by atoms with E-state index >= 15 is 0 Å². The first-order valence-corrected chi connectivity index (χ1v) is 7.12. The van der Waals surface area contributed by atoms with Gasteiger partial charge < -0.3 is 9.30 Å². The van der Waals surface area contributed by atoms with E-state index < -0.39 is 11.9 Å². The van der Waals surface area contributed by atoms with Gasteiger partial charge in [0.05, 0.1) is 11.1 Å². The average molecular weight is 295 g/mol. The largest absolute Gasteiger partial charge is 0.386 e. The minimum atomic E-state index is -0.578. The minimum absolute atomic E-state index is 0.332. The molecule has 4 heteroatoms. The third kappa shape index (κ3) is 1.99. The SMILES string of the molecule is CC(C)=C1C(=O)OC(=O)/C1=C/c1c(C)c2ccccc2n1C. The zero-order valence-corrected chi connectivity index (χ0v) is 13.1. The number of rotatable bonds is 1. The van der Waals surface area contributed by atoms with Crippen LogP contribution >= 0.6 is 0 Å². The van der Waals surface area contributed by atoms with Crippen molar-refractivity contribution in [1.82, 2.24) is 4.57 Å². The molecule has 1 aliphatic heterocycles. The molecule has 3 rings (SSSR count). The first kappa shape index (κ1) is 14.3. The third-order valence-corrected chi connectivity index (χ3v) is 4.07. The second kappa shape index (κ2) is 4.98. The molecular weight excluding hydrogens is 278 g/mol. The molecule has 2 aromatic rings. The van der Waals surface area contributed by atoms with Gasteiger partial charge in [0, 0.05) is 23.6 Å². The van der Waals surface area contributed by atoms with Gasteiger partial charge in [-0.1, -0.05) is 23.8 Å². The van der Waals surface area contributed by atoms with Gasteiger partial charge in [-0.15, -0.1) is 0 Å². The van der Waals surface area contributed by atoms with Crippen molar-refractivity contribution in [2.45, 2.75) is 20.8 Å². The topological polar surface area (TPSA) is 48.3 Å². The van der Waals surface area contributed by atoms with Crippen molar-refractivity contribution >= 4 is 28.9 Å². The first-order valence-electron chi connectivity index (χ1n) is 7.12. The van der Waals surface area contributed by atoms with Gasteiger partial charge in [0.25, 0.3) is 0 Å². The Labute approximate surface area is 128 Å². The molecule has 4 nitrogen and oxygen atoms in total. The van der Waals surface area contributed by atoms with Crippen molar-refractivity contribution in [1.29, 1.82) is 0 Å². The molecule has 1 aliphatic rings. The minimum Gasteiger partial charge on any atom is -0.386 e. The Morgan fingerprint density at radius 1 is 1.14 bits per heavy atom. The van der Waals surface area contributed by atoms with Crippen LogP contribution in [0, 0.1) is 6.92 Å². The van der Waals surface area contributed by atoms with Crippen LogP contribution < -0.4 is 0 Å². The molecule has 1 saturated heterocycles. The summed E-state index contributed by atoms with van der Waals surface area (Å²) in [5.74, 6) is -1.14. The van der Waals surface area contributed by atoms with Crippen molar-refractivity contribution in [3.63, 3.8) is 0 Å². The van der Waals surface area contributed by atoms with Crippen LogP contribution in [0.1, 0.15) is 25.1 Å². The summed E-state index contributed by atoms with van der Waals surface area (Å²) in [5, 5.41) is 1.13. The number of fused-ring (bicyclic) bond motifs is 1. The Morgan fingerprint density at radius 2 is 1.82 bits per heavy atom. The lowest BCUT2D eigenvalue weighted by Crippen LogP contribution is -1.99. The number of carbonyl (C=O) groups is 2. The van der Waals surface area contributed by atoms with Crippen LogP contribution in [0.4, 0.5) is 0 Å². The van der Waals surface area contributed by atoms with E-state index in [2.05, 4.69) is 0 Å². The smallest absolute Gasteiger partial charge is 0.346 e. The maximum atomic E-state index is 12.0. The number of esters is 2. The van der Waals surface area contributed by atoms with Crippen LogP contribution in [0.3, 0.4) is 0 Å². The van der Waals surface area contributed by atoms with Gasteiger partial charge in [-0.05, 0) is 38.5 Å². The molecule has 0 radical (unpaired) electrons. The van der Waals surface area contributed by atoms with Crippen LogP contribution in [0.2, 0.25) is 0 Å². The van der Waals surface area contributed by atoms with Gasteiger partial charge in [-0.25, -0.2) is 9.59 Å². The summed E-state index contributed by atoms with van der Waals surface area (Å²) >= 11 is 0. The molecule has 0 aliphatic carbocycles. The number of para-hydroxylation sites is 1. The van der Waals surface area contributed by atoms with E-state index in [9.17, 15) is 9.59 Å². The zero-order valence-electron chi connectivity index (χ0n) is 13.1. The monoisotopic (exact) mass is 295 g/mol. The summed E-state index contributed by atoms with van der Waals surface area (Å²) in [5.41, 5.74) is 4.54. The molecule has 1 aromatic carbocycles. The number of benzene rings is 1. The molecule has 0 N–H and O–H groups in total. The van der Waals surface area contributed by atoms with Crippen LogP contribution in [0.15, 0.2) is 41.0 Å². The summed E-state index contributed by atoms with van der Waals surface area (Å²) in [7, 11) is 1.95. The highest BCUT2D eigenvalue weighted by Crippen LogP contribution is 2.31. The molecule has 1 aromatic heterocycles. The fraction of sp³-hybridized carbons (Fsp3) is 0.222. The number of carbonyl (C=O) groups excluding carboxylic acids is 2. The number of aromatic nitrogens is 1. The van der Waals surface area contributed by atoms with Crippen molar-refractivity contribution in [3.05, 3.63) is 52.2 Å². The number of allylic oxidation sites excluding steroid dienone is 1. The molecule has 0 bridgehead atoms. The molecule has 0 atom stereocenters. The van der Waals surface area contributed by atoms with E-state index in [4.69, 9.17) is 4.74 Å². The van der Waals surface area contributed by atoms with Crippen LogP contribution in [0.25, 0.3) is 17.0 Å². The highest BCUT2D eigenvalue weighted by molar-refractivity contribution is 6.20. The normalized spacial score (nSPS) is 16.7. The van der Waals surface area contributed by atoms with Gasteiger partial charge in [0.2, 0.25) is 0 Å². The Kier molecular flexibility index (Phi) is 3.24. The molecule has 2 heterocycles. The highest BCUT2D eigenvalue weighted by Gasteiger charge is 2.34. The third-order valence-electron chi connectivity index (χ3n) is 4.07. The van der Waals surface area contributed by atoms with Gasteiger partial charge >= 0.3 is 11.9 Å². The van der Waals surface area contributed by atoms with E-state index in [1.165, 1.54) is 0 Å². The van der Waals surface area contributed by atoms with Crippen molar-refractivity contribution in [2.75, 3.05) is 0 Å². The Balaban J connectivity index is 2.27. The van der Waals surface area contributed by atoms with Crippen LogP contribution in [-0.4, -0.2) is 16.5 Å². The fourth-order valence-electron chi connectivity index (χ4n) is 2.95. The lowest BCUT2D eigenvalue weighted by Gasteiger charge is -2.02. The summed E-state index contributed by atoms with van der Waals surface area (Å²) in [6.45, 7) is 5.62. The molecular formula is C18H17NO3. The average Bonchev–Trinajstić information content (AvgIpc) is 2.89. The maximum absolute atomic E-state index is 12.0. The van der Waals surface area contributed by atoms with Crippen LogP contribution in [-0.2, 0) is 21.4 Å². The highest BCUT2D eigenvalue weighted by atomic mass is 16.6. The molecule has 22 heavy (non-hydrogen) atoms. The molecule has 0 spiro atoms. The number of nitrogens with zero attached hydrogens (tertiary/aromatic N) is 1. The van der Waals surface area contributed by atoms with Gasteiger partial charge in [-0.2, -0.15) is 0 Å². The Hall–Kier alpha value is -2.62. The van der Waals surface area contributed by atoms with E-state index in [-0.39, 0.29) is 0 Å². The second-order valence-corrected chi connectivity index (χ2v) is 5.70. The molecule has 112 valence electrons. The number of ether oxygens (including phenoxy) is 1. The van der Waals surface area contributed by atoms with E-state index in [1.54, 1.807) is 19.9 Å². The Bertz CT molecular complexity index is 838. The number of hydrogen-bond acceptors (Lipinski definition) is 3. The van der Waals surface area contributed by atoms with E-state index in [0.29, 0.717) is 11.1 Å². The number of aryl methyl sites for hydroxylation is 2. The van der Waals surface area contributed by atoms with Crippen LogP contribution in [0.5, 0.6) is 0 Å².